The van der Waals surface area contributed by atoms with Crippen LogP contribution in [0.4, 0.5) is 0 Å². The number of hydrogen-bond donors (Lipinski definition) is 0. The van der Waals surface area contributed by atoms with E-state index in [1.165, 1.54) is 0 Å². The fourth-order valence-corrected chi connectivity index (χ4v) is 4.27. The van der Waals surface area contributed by atoms with E-state index < -0.39 is 9.84 Å². The van der Waals surface area contributed by atoms with Crippen LogP contribution >= 0.6 is 0 Å². The van der Waals surface area contributed by atoms with Gasteiger partial charge in [0.1, 0.15) is 11.3 Å². The van der Waals surface area contributed by atoms with Gasteiger partial charge in [0, 0.05) is 24.4 Å². The van der Waals surface area contributed by atoms with Gasteiger partial charge in [-0.3, -0.25) is 0 Å². The molecule has 4 rings (SSSR count). The van der Waals surface area contributed by atoms with Crippen LogP contribution in [0.15, 0.2) is 71.8 Å². The first kappa shape index (κ1) is 17.4. The Kier molecular flexibility index (Phi) is 4.28. The summed E-state index contributed by atoms with van der Waals surface area (Å²) in [6.07, 6.45) is 1.82. The van der Waals surface area contributed by atoms with Crippen molar-refractivity contribution in [2.75, 3.05) is 5.75 Å². The van der Waals surface area contributed by atoms with Crippen molar-refractivity contribution in [1.82, 2.24) is 14.5 Å². The minimum Gasteiger partial charge on any atom is -0.312 e. The Labute approximate surface area is 158 Å². The van der Waals surface area contributed by atoms with E-state index in [4.69, 9.17) is 4.98 Å². The van der Waals surface area contributed by atoms with E-state index >= 15 is 0 Å². The zero-order valence-corrected chi connectivity index (χ0v) is 15.9. The van der Waals surface area contributed by atoms with Crippen molar-refractivity contribution in [3.8, 4) is 22.5 Å². The summed E-state index contributed by atoms with van der Waals surface area (Å²) in [7, 11) is -1.50. The highest BCUT2D eigenvalue weighted by atomic mass is 32.2. The fourth-order valence-electron chi connectivity index (χ4n) is 3.18. The summed E-state index contributed by atoms with van der Waals surface area (Å²) in [5.74, 6) is 0.639. The zero-order chi connectivity index (χ0) is 19.0. The molecule has 0 aliphatic rings. The lowest BCUT2D eigenvalue weighted by Gasteiger charge is -2.09. The van der Waals surface area contributed by atoms with Gasteiger partial charge in [-0.15, -0.1) is 0 Å². The van der Waals surface area contributed by atoms with Crippen molar-refractivity contribution >= 4 is 21.0 Å². The van der Waals surface area contributed by atoms with Gasteiger partial charge in [0.15, 0.2) is 15.5 Å². The number of nitrogens with zero attached hydrogens (tertiary/aromatic N) is 3. The first-order valence-corrected chi connectivity index (χ1v) is 10.4. The van der Waals surface area contributed by atoms with Gasteiger partial charge in [-0.2, -0.15) is 0 Å². The molecule has 0 aliphatic carbocycles. The van der Waals surface area contributed by atoms with Gasteiger partial charge in [0.25, 0.3) is 0 Å². The van der Waals surface area contributed by atoms with Crippen molar-refractivity contribution < 1.29 is 8.42 Å². The number of hydrogen-bond acceptors (Lipinski definition) is 4. The molecule has 2 aromatic heterocycles. The quantitative estimate of drug-likeness (QED) is 0.537. The maximum absolute atomic E-state index is 12.5. The van der Waals surface area contributed by atoms with E-state index in [9.17, 15) is 8.42 Å². The number of rotatable bonds is 4. The standard InChI is InChI=1S/C21H19N3O2S/c1-3-27(25,26)19-12-8-7-11-17(19)20-23-18-13-16(14-22-21(18)24(20)2)15-9-5-4-6-10-15/h4-14H,3H2,1-2H3. The van der Waals surface area contributed by atoms with E-state index in [1.54, 1.807) is 25.1 Å². The number of fused-ring (bicyclic) bond motifs is 1. The second-order valence-electron chi connectivity index (χ2n) is 6.33. The van der Waals surface area contributed by atoms with Crippen LogP contribution in [-0.4, -0.2) is 28.7 Å². The van der Waals surface area contributed by atoms with Crippen LogP contribution in [0.25, 0.3) is 33.7 Å². The van der Waals surface area contributed by atoms with Gasteiger partial charge in [-0.05, 0) is 23.8 Å². The van der Waals surface area contributed by atoms with Gasteiger partial charge in [0.2, 0.25) is 0 Å². The van der Waals surface area contributed by atoms with Crippen molar-refractivity contribution in [3.63, 3.8) is 0 Å². The van der Waals surface area contributed by atoms with Crippen molar-refractivity contribution in [2.24, 2.45) is 7.05 Å². The topological polar surface area (TPSA) is 64.8 Å². The Morgan fingerprint density at radius 3 is 2.41 bits per heavy atom. The van der Waals surface area contributed by atoms with Gasteiger partial charge in [0.05, 0.1) is 10.6 Å². The largest absolute Gasteiger partial charge is 0.312 e. The minimum atomic E-state index is -3.36. The second kappa shape index (κ2) is 6.63. The normalized spacial score (nSPS) is 11.8. The van der Waals surface area contributed by atoms with Crippen LogP contribution in [-0.2, 0) is 16.9 Å². The lowest BCUT2D eigenvalue weighted by atomic mass is 10.1. The molecule has 2 aromatic carbocycles. The van der Waals surface area contributed by atoms with Gasteiger partial charge >= 0.3 is 0 Å². The van der Waals surface area contributed by atoms with E-state index in [0.29, 0.717) is 21.9 Å². The van der Waals surface area contributed by atoms with Crippen LogP contribution in [0, 0.1) is 0 Å². The summed E-state index contributed by atoms with van der Waals surface area (Å²) in [5.41, 5.74) is 4.09. The third kappa shape index (κ3) is 3.02. The Morgan fingerprint density at radius 2 is 1.67 bits per heavy atom. The molecule has 0 radical (unpaired) electrons. The molecule has 0 atom stereocenters. The highest BCUT2D eigenvalue weighted by Crippen LogP contribution is 2.30. The second-order valence-corrected chi connectivity index (χ2v) is 8.57. The number of aromatic nitrogens is 3. The lowest BCUT2D eigenvalue weighted by Crippen LogP contribution is -2.07. The molecule has 0 N–H and O–H groups in total. The molecule has 4 aromatic rings. The molecule has 2 heterocycles. The van der Waals surface area contributed by atoms with Crippen LogP contribution in [0.2, 0.25) is 0 Å². The monoisotopic (exact) mass is 377 g/mol. The van der Waals surface area contributed by atoms with Crippen molar-refractivity contribution in [2.45, 2.75) is 11.8 Å². The molecule has 0 amide bonds. The summed E-state index contributed by atoms with van der Waals surface area (Å²) in [5, 5.41) is 0. The number of aryl methyl sites for hydroxylation is 1. The molecule has 136 valence electrons. The third-order valence-electron chi connectivity index (χ3n) is 4.66. The third-order valence-corrected chi connectivity index (χ3v) is 6.45. The Hall–Kier alpha value is -2.99. The molecule has 27 heavy (non-hydrogen) atoms. The summed E-state index contributed by atoms with van der Waals surface area (Å²) in [4.78, 5) is 9.58. The molecule has 0 fully saturated rings. The zero-order valence-electron chi connectivity index (χ0n) is 15.1. The maximum atomic E-state index is 12.5. The van der Waals surface area contributed by atoms with Crippen LogP contribution in [0.1, 0.15) is 6.92 Å². The summed E-state index contributed by atoms with van der Waals surface area (Å²) in [6.45, 7) is 1.65. The predicted octanol–water partition coefficient (Wildman–Crippen LogP) is 4.10. The van der Waals surface area contributed by atoms with Crippen LogP contribution < -0.4 is 0 Å². The highest BCUT2D eigenvalue weighted by molar-refractivity contribution is 7.91. The number of benzene rings is 2. The highest BCUT2D eigenvalue weighted by Gasteiger charge is 2.21. The molecular formula is C21H19N3O2S. The first-order chi connectivity index (χ1) is 13.0. The molecule has 6 heteroatoms. The summed E-state index contributed by atoms with van der Waals surface area (Å²) >= 11 is 0. The number of pyridine rings is 1. The molecule has 0 aliphatic heterocycles. The van der Waals surface area contributed by atoms with Crippen LogP contribution in [0.5, 0.6) is 0 Å². The molecule has 0 spiro atoms. The molecule has 0 saturated heterocycles. The first-order valence-electron chi connectivity index (χ1n) is 8.71. The number of sulfone groups is 1. The van der Waals surface area contributed by atoms with Crippen LogP contribution in [0.3, 0.4) is 0 Å². The summed E-state index contributed by atoms with van der Waals surface area (Å²) in [6, 6.07) is 19.0. The summed E-state index contributed by atoms with van der Waals surface area (Å²) < 4.78 is 26.9. The van der Waals surface area contributed by atoms with Gasteiger partial charge in [-0.1, -0.05) is 49.4 Å². The molecule has 0 saturated carbocycles. The smallest absolute Gasteiger partial charge is 0.178 e. The Balaban J connectivity index is 1.91. The van der Waals surface area contributed by atoms with E-state index in [1.807, 2.05) is 60.3 Å². The van der Waals surface area contributed by atoms with E-state index in [-0.39, 0.29) is 5.75 Å². The van der Waals surface area contributed by atoms with Crippen molar-refractivity contribution in [3.05, 3.63) is 66.9 Å². The Morgan fingerprint density at radius 1 is 0.963 bits per heavy atom. The minimum absolute atomic E-state index is 0.0460. The number of imidazole rings is 1. The lowest BCUT2D eigenvalue weighted by molar-refractivity contribution is 0.597. The molecule has 5 nitrogen and oxygen atoms in total. The van der Waals surface area contributed by atoms with E-state index in [2.05, 4.69) is 4.98 Å². The molecule has 0 bridgehead atoms. The average Bonchev–Trinajstić information content (AvgIpc) is 3.04. The Bertz CT molecular complexity index is 1230. The maximum Gasteiger partial charge on any atom is 0.178 e. The SMILES string of the molecule is CCS(=O)(=O)c1ccccc1-c1nc2cc(-c3ccccc3)cnc2n1C. The van der Waals surface area contributed by atoms with Gasteiger partial charge < -0.3 is 4.57 Å². The van der Waals surface area contributed by atoms with Crippen molar-refractivity contribution in [1.29, 1.82) is 0 Å². The molecular weight excluding hydrogens is 358 g/mol. The molecule has 0 unspecified atom stereocenters. The average molecular weight is 377 g/mol. The predicted molar refractivity (Wildman–Crippen MR) is 107 cm³/mol. The van der Waals surface area contributed by atoms with E-state index in [0.717, 1.165) is 16.6 Å². The van der Waals surface area contributed by atoms with Gasteiger partial charge in [-0.25, -0.2) is 18.4 Å². The fraction of sp³-hybridized carbons (Fsp3) is 0.143.